The molecule has 0 radical (unpaired) electrons. The van der Waals surface area contributed by atoms with Gasteiger partial charge in [0.05, 0.1) is 23.3 Å². The number of anilines is 1. The van der Waals surface area contributed by atoms with Gasteiger partial charge in [0.25, 0.3) is 5.56 Å². The highest BCUT2D eigenvalue weighted by Crippen LogP contribution is 2.61. The Morgan fingerprint density at radius 2 is 1.95 bits per heavy atom. The van der Waals surface area contributed by atoms with E-state index >= 15 is 0 Å². The van der Waals surface area contributed by atoms with Gasteiger partial charge in [0.1, 0.15) is 5.82 Å². The highest BCUT2D eigenvalue weighted by Gasteiger charge is 2.56. The van der Waals surface area contributed by atoms with Gasteiger partial charge in [0.15, 0.2) is 5.96 Å². The topological polar surface area (TPSA) is 88.5 Å². The average Bonchev–Trinajstić information content (AvgIpc) is 2.88. The molecule has 7 rings (SSSR count). The van der Waals surface area contributed by atoms with Crippen molar-refractivity contribution in [3.8, 4) is 0 Å². The number of fused-ring (bicyclic) bond motifs is 3. The highest BCUT2D eigenvalue weighted by atomic mass is 19.1. The van der Waals surface area contributed by atoms with Crippen LogP contribution in [0, 0.1) is 29.0 Å². The lowest BCUT2D eigenvalue weighted by Crippen LogP contribution is -2.60. The molecule has 2 heterocycles. The van der Waals surface area contributed by atoms with Gasteiger partial charge < -0.3 is 16.0 Å². The van der Waals surface area contributed by atoms with Gasteiger partial charge in [-0.15, -0.1) is 0 Å². The van der Waals surface area contributed by atoms with Gasteiger partial charge in [-0.2, -0.15) is 0 Å². The molecule has 1 aromatic heterocycles. The molecule has 7 nitrogen and oxygen atoms in total. The molecular formula is C30H37FN6O. The van der Waals surface area contributed by atoms with E-state index in [0.717, 1.165) is 48.6 Å². The summed E-state index contributed by atoms with van der Waals surface area (Å²) in [6, 6.07) is 12.5. The monoisotopic (exact) mass is 516 g/mol. The van der Waals surface area contributed by atoms with Crippen molar-refractivity contribution in [1.82, 2.24) is 14.5 Å². The van der Waals surface area contributed by atoms with Crippen molar-refractivity contribution < 1.29 is 4.39 Å². The van der Waals surface area contributed by atoms with Gasteiger partial charge >= 0.3 is 0 Å². The van der Waals surface area contributed by atoms with Gasteiger partial charge in [-0.1, -0.05) is 32.9 Å². The highest BCUT2D eigenvalue weighted by molar-refractivity contribution is 5.96. The Morgan fingerprint density at radius 3 is 2.63 bits per heavy atom. The second kappa shape index (κ2) is 9.49. The molecular weight excluding hydrogens is 479 g/mol. The van der Waals surface area contributed by atoms with Crippen LogP contribution in [0.4, 0.5) is 10.1 Å². The molecule has 2 bridgehead atoms. The Hall–Kier alpha value is -3.26. The number of rotatable bonds is 5. The molecule has 4 atom stereocenters. The Morgan fingerprint density at radius 1 is 1.18 bits per heavy atom. The Bertz CT molecular complexity index is 1420. The Labute approximate surface area is 223 Å². The molecule has 2 aromatic carbocycles. The first kappa shape index (κ1) is 25.0. The van der Waals surface area contributed by atoms with Crippen LogP contribution in [-0.4, -0.2) is 45.6 Å². The lowest BCUT2D eigenvalue weighted by Gasteiger charge is -2.61. The molecule has 0 spiro atoms. The van der Waals surface area contributed by atoms with Crippen LogP contribution >= 0.6 is 0 Å². The quantitative estimate of drug-likeness (QED) is 0.391. The third-order valence-electron chi connectivity index (χ3n) is 9.45. The summed E-state index contributed by atoms with van der Waals surface area (Å²) in [6.45, 7) is 9.24. The van der Waals surface area contributed by atoms with Crippen LogP contribution in [0.5, 0.6) is 0 Å². The van der Waals surface area contributed by atoms with E-state index in [-0.39, 0.29) is 17.4 Å². The summed E-state index contributed by atoms with van der Waals surface area (Å²) in [7, 11) is 0. The number of hydrogen-bond donors (Lipinski definition) is 2. The molecule has 4 unspecified atom stereocenters. The maximum absolute atomic E-state index is 13.2. The molecule has 3 N–H and O–H groups in total. The van der Waals surface area contributed by atoms with Crippen LogP contribution < -0.4 is 16.6 Å². The predicted octanol–water partition coefficient (Wildman–Crippen LogP) is 4.26. The van der Waals surface area contributed by atoms with Crippen molar-refractivity contribution in [2.24, 2.45) is 33.9 Å². The second-order valence-corrected chi connectivity index (χ2v) is 12.1. The molecule has 1 aliphatic heterocycles. The summed E-state index contributed by atoms with van der Waals surface area (Å²) in [6.07, 6.45) is 4.68. The van der Waals surface area contributed by atoms with E-state index in [1.165, 1.54) is 18.6 Å². The number of benzene rings is 2. The van der Waals surface area contributed by atoms with Crippen LogP contribution in [0.25, 0.3) is 10.9 Å². The largest absolute Gasteiger partial charge is 0.339 e. The van der Waals surface area contributed by atoms with Crippen LogP contribution in [0.1, 0.15) is 39.2 Å². The molecule has 200 valence electrons. The predicted molar refractivity (Wildman–Crippen MR) is 150 cm³/mol. The van der Waals surface area contributed by atoms with Crippen molar-refractivity contribution >= 4 is 22.5 Å². The number of nitrogens with one attached hydrogen (secondary N) is 1. The van der Waals surface area contributed by atoms with E-state index in [1.807, 2.05) is 18.2 Å². The van der Waals surface area contributed by atoms with Crippen molar-refractivity contribution in [3.05, 3.63) is 70.5 Å². The summed E-state index contributed by atoms with van der Waals surface area (Å²) in [5.41, 5.74) is 8.94. The summed E-state index contributed by atoms with van der Waals surface area (Å²) in [5, 5.41) is 4.11. The number of guanidine groups is 1. The van der Waals surface area contributed by atoms with Gasteiger partial charge in [-0.05, 0) is 78.3 Å². The summed E-state index contributed by atoms with van der Waals surface area (Å²) in [4.78, 5) is 25.2. The molecule has 1 saturated heterocycles. The summed E-state index contributed by atoms with van der Waals surface area (Å²) >= 11 is 0. The van der Waals surface area contributed by atoms with Gasteiger partial charge in [-0.25, -0.2) is 14.4 Å². The number of aromatic nitrogens is 2. The normalized spacial score (nSPS) is 26.7. The first-order valence-corrected chi connectivity index (χ1v) is 13.8. The van der Waals surface area contributed by atoms with Crippen LogP contribution in [-0.2, 0) is 13.0 Å². The van der Waals surface area contributed by atoms with E-state index in [0.29, 0.717) is 41.2 Å². The molecule has 0 amide bonds. The SMILES string of the molecule is CC1C(N=C(Nc2ccc3c(=O)n(CCc4ccc(F)cc4)cnc3c2)N2CC(N)C2)CC2CC1C2(C)C. The Kier molecular flexibility index (Phi) is 6.25. The van der Waals surface area contributed by atoms with E-state index in [4.69, 9.17) is 10.7 Å². The fourth-order valence-electron chi connectivity index (χ4n) is 6.75. The zero-order valence-electron chi connectivity index (χ0n) is 22.4. The fourth-order valence-corrected chi connectivity index (χ4v) is 6.75. The van der Waals surface area contributed by atoms with Gasteiger partial charge in [0, 0.05) is 31.4 Å². The lowest BCUT2D eigenvalue weighted by atomic mass is 9.45. The first-order valence-electron chi connectivity index (χ1n) is 13.8. The summed E-state index contributed by atoms with van der Waals surface area (Å²) < 4.78 is 14.8. The van der Waals surface area contributed by atoms with Gasteiger partial charge in [0.2, 0.25) is 0 Å². The zero-order valence-corrected chi connectivity index (χ0v) is 22.4. The summed E-state index contributed by atoms with van der Waals surface area (Å²) in [5.74, 6) is 2.63. The third kappa shape index (κ3) is 4.49. The molecule has 4 fully saturated rings. The van der Waals surface area contributed by atoms with Crippen molar-refractivity contribution in [2.75, 3.05) is 18.4 Å². The van der Waals surface area contributed by atoms with E-state index < -0.39 is 0 Å². The van der Waals surface area contributed by atoms with Crippen LogP contribution in [0.15, 0.2) is 58.6 Å². The second-order valence-electron chi connectivity index (χ2n) is 12.1. The number of halogens is 1. The number of nitrogens with two attached hydrogens (primary N) is 1. The maximum atomic E-state index is 13.2. The molecule has 3 aromatic rings. The fraction of sp³-hybridized carbons (Fsp3) is 0.500. The molecule has 38 heavy (non-hydrogen) atoms. The number of aliphatic imine (C=N–C) groups is 1. The molecule has 3 aliphatic carbocycles. The van der Waals surface area contributed by atoms with E-state index in [2.05, 4.69) is 36.0 Å². The van der Waals surface area contributed by atoms with Crippen molar-refractivity contribution in [2.45, 2.75) is 58.7 Å². The molecule has 4 aliphatic rings. The van der Waals surface area contributed by atoms with Crippen molar-refractivity contribution in [3.63, 3.8) is 0 Å². The minimum atomic E-state index is -0.262. The van der Waals surface area contributed by atoms with E-state index in [1.54, 1.807) is 23.0 Å². The Balaban J connectivity index is 1.21. The smallest absolute Gasteiger partial charge is 0.261 e. The standard InChI is InChI=1S/C30H37FN6O/c1-18-25-12-20(30(25,2)3)13-26(18)35-29(37-15-22(32)16-37)34-23-8-9-24-27(14-23)33-17-36(28(24)38)11-10-19-4-6-21(31)7-5-19/h4-9,14,17-18,20,22,25-26H,10-13,15-16,32H2,1-3H3,(H,34,35). The minimum Gasteiger partial charge on any atom is -0.339 e. The number of nitrogens with zero attached hydrogens (tertiary/aromatic N) is 4. The zero-order chi connectivity index (χ0) is 26.6. The van der Waals surface area contributed by atoms with Crippen molar-refractivity contribution in [1.29, 1.82) is 0 Å². The van der Waals surface area contributed by atoms with E-state index in [9.17, 15) is 9.18 Å². The minimum absolute atomic E-state index is 0.0795. The van der Waals surface area contributed by atoms with Gasteiger partial charge in [-0.3, -0.25) is 9.36 Å². The number of aryl methyl sites for hydroxylation is 2. The number of likely N-dealkylation sites (tertiary alicyclic amines) is 1. The third-order valence-corrected chi connectivity index (χ3v) is 9.45. The number of hydrogen-bond acceptors (Lipinski definition) is 4. The molecule has 3 saturated carbocycles. The molecule has 8 heteroatoms. The lowest BCUT2D eigenvalue weighted by molar-refractivity contribution is -0.108. The van der Waals surface area contributed by atoms with Crippen LogP contribution in [0.2, 0.25) is 0 Å². The average molecular weight is 517 g/mol. The first-order chi connectivity index (χ1) is 18.2. The van der Waals surface area contributed by atoms with Crippen LogP contribution in [0.3, 0.4) is 0 Å². The maximum Gasteiger partial charge on any atom is 0.261 e.